The van der Waals surface area contributed by atoms with Crippen molar-refractivity contribution in [3.05, 3.63) is 12.1 Å². The molecule has 0 N–H and O–H groups in total. The minimum Gasteiger partial charge on any atom is -0.354 e. The second kappa shape index (κ2) is 6.37. The van der Waals surface area contributed by atoms with Gasteiger partial charge in [0.25, 0.3) is 0 Å². The number of aromatic nitrogens is 2. The zero-order chi connectivity index (χ0) is 14.7. The number of rotatable bonds is 3. The zero-order valence-electron chi connectivity index (χ0n) is 12.2. The smallest absolute Gasteiger partial charge is 0.208 e. The maximum atomic E-state index is 14.8. The van der Waals surface area contributed by atoms with Crippen molar-refractivity contribution in [1.82, 2.24) is 9.97 Å². The number of carbonyl (C=O) groups is 1. The van der Waals surface area contributed by atoms with Gasteiger partial charge in [-0.25, -0.2) is 9.97 Å². The van der Waals surface area contributed by atoms with Crippen LogP contribution in [0.2, 0.25) is 0 Å². The third kappa shape index (κ3) is 2.99. The normalized spacial score (nSPS) is 23.2. The summed E-state index contributed by atoms with van der Waals surface area (Å²) < 4.78 is 14.8. The van der Waals surface area contributed by atoms with Crippen molar-refractivity contribution in [2.45, 2.75) is 32.1 Å². The van der Waals surface area contributed by atoms with Crippen molar-refractivity contribution >= 4 is 17.9 Å². The van der Waals surface area contributed by atoms with Gasteiger partial charge in [-0.3, -0.25) is 0 Å². The molecule has 5 nitrogen and oxygen atoms in total. The predicted molar refractivity (Wildman–Crippen MR) is 79.1 cm³/mol. The van der Waals surface area contributed by atoms with E-state index in [0.717, 1.165) is 51.6 Å². The Kier molecular flexibility index (Phi) is 4.31. The summed E-state index contributed by atoms with van der Waals surface area (Å²) in [7, 11) is 0. The molecule has 21 heavy (non-hydrogen) atoms. The van der Waals surface area contributed by atoms with Crippen molar-refractivity contribution in [2.24, 2.45) is 5.92 Å². The number of piperidine rings is 2. The van der Waals surface area contributed by atoms with Crippen LogP contribution in [0.25, 0.3) is 0 Å². The summed E-state index contributed by atoms with van der Waals surface area (Å²) in [4.78, 5) is 23.1. The van der Waals surface area contributed by atoms with Crippen LogP contribution < -0.4 is 9.80 Å². The van der Waals surface area contributed by atoms with Gasteiger partial charge in [0.1, 0.15) is 12.6 Å². The van der Waals surface area contributed by atoms with Gasteiger partial charge in [-0.2, -0.15) is 4.39 Å². The monoisotopic (exact) mass is 292 g/mol. The molecule has 1 unspecified atom stereocenters. The number of nitrogens with zero attached hydrogens (tertiary/aromatic N) is 4. The van der Waals surface area contributed by atoms with Gasteiger partial charge in [0.05, 0.1) is 0 Å². The highest BCUT2D eigenvalue weighted by Crippen LogP contribution is 2.28. The Labute approximate surface area is 124 Å². The minimum atomic E-state index is -0.342. The van der Waals surface area contributed by atoms with E-state index < -0.39 is 0 Å². The average molecular weight is 292 g/mol. The Hall–Kier alpha value is -1.72. The van der Waals surface area contributed by atoms with E-state index in [9.17, 15) is 9.18 Å². The first kappa shape index (κ1) is 14.2. The summed E-state index contributed by atoms with van der Waals surface area (Å²) in [6.07, 6.45) is 7.54. The molecule has 0 saturated carbocycles. The molecule has 2 saturated heterocycles. The molecule has 0 aromatic carbocycles. The average Bonchev–Trinajstić information content (AvgIpc) is 2.56. The number of aldehydes is 1. The Balaban J connectivity index is 1.83. The zero-order valence-corrected chi connectivity index (χ0v) is 12.2. The quantitative estimate of drug-likeness (QED) is 0.798. The molecule has 0 radical (unpaired) electrons. The van der Waals surface area contributed by atoms with Crippen LogP contribution >= 0.6 is 0 Å². The fourth-order valence-electron chi connectivity index (χ4n) is 3.21. The number of halogens is 1. The van der Waals surface area contributed by atoms with Crippen molar-refractivity contribution in [3.63, 3.8) is 0 Å². The molecule has 3 rings (SSSR count). The van der Waals surface area contributed by atoms with Gasteiger partial charge in [-0.15, -0.1) is 0 Å². The van der Waals surface area contributed by atoms with Crippen molar-refractivity contribution in [1.29, 1.82) is 0 Å². The van der Waals surface area contributed by atoms with Gasteiger partial charge in [0, 0.05) is 32.1 Å². The lowest BCUT2D eigenvalue weighted by Crippen LogP contribution is -2.38. The summed E-state index contributed by atoms with van der Waals surface area (Å²) in [6, 6.07) is 0. The van der Waals surface area contributed by atoms with E-state index >= 15 is 0 Å². The summed E-state index contributed by atoms with van der Waals surface area (Å²) in [5.41, 5.74) is 0. The summed E-state index contributed by atoms with van der Waals surface area (Å²) in [5.74, 6) is 0.391. The van der Waals surface area contributed by atoms with Crippen LogP contribution in [-0.2, 0) is 4.79 Å². The lowest BCUT2D eigenvalue weighted by atomic mass is 10.00. The van der Waals surface area contributed by atoms with Crippen LogP contribution in [0.4, 0.5) is 16.0 Å². The van der Waals surface area contributed by atoms with Crippen LogP contribution in [0.3, 0.4) is 0 Å². The Morgan fingerprint density at radius 3 is 2.43 bits per heavy atom. The second-order valence-electron chi connectivity index (χ2n) is 5.87. The number of hydrogen-bond acceptors (Lipinski definition) is 5. The maximum Gasteiger partial charge on any atom is 0.208 e. The highest BCUT2D eigenvalue weighted by Gasteiger charge is 2.26. The van der Waals surface area contributed by atoms with Crippen LogP contribution in [0.5, 0.6) is 0 Å². The maximum absolute atomic E-state index is 14.8. The molecule has 0 aliphatic carbocycles. The van der Waals surface area contributed by atoms with E-state index in [1.807, 2.05) is 9.80 Å². The first-order valence-corrected chi connectivity index (χ1v) is 7.75. The van der Waals surface area contributed by atoms with E-state index in [2.05, 4.69) is 9.97 Å². The van der Waals surface area contributed by atoms with Gasteiger partial charge in [0.2, 0.25) is 5.82 Å². The molecular formula is C15H21FN4O. The molecule has 1 aromatic heterocycles. The fraction of sp³-hybridized carbons (Fsp3) is 0.667. The summed E-state index contributed by atoms with van der Waals surface area (Å²) >= 11 is 0. The summed E-state index contributed by atoms with van der Waals surface area (Å²) in [5, 5.41) is 0. The van der Waals surface area contributed by atoms with Crippen LogP contribution in [-0.4, -0.2) is 42.4 Å². The number of hydrogen-bond donors (Lipinski definition) is 0. The highest BCUT2D eigenvalue weighted by molar-refractivity contribution is 5.58. The fourth-order valence-corrected chi connectivity index (χ4v) is 3.21. The molecular weight excluding hydrogens is 271 g/mol. The third-order valence-corrected chi connectivity index (χ3v) is 4.36. The Morgan fingerprint density at radius 2 is 1.71 bits per heavy atom. The molecule has 2 aliphatic rings. The van der Waals surface area contributed by atoms with Crippen LogP contribution in [0.1, 0.15) is 32.1 Å². The van der Waals surface area contributed by atoms with Crippen LogP contribution in [0, 0.1) is 11.7 Å². The molecule has 2 aliphatic heterocycles. The third-order valence-electron chi connectivity index (χ3n) is 4.36. The van der Waals surface area contributed by atoms with E-state index in [4.69, 9.17) is 0 Å². The molecule has 1 atom stereocenters. The van der Waals surface area contributed by atoms with Gasteiger partial charge >= 0.3 is 0 Å². The molecule has 0 spiro atoms. The van der Waals surface area contributed by atoms with Crippen molar-refractivity contribution in [2.75, 3.05) is 36.0 Å². The second-order valence-corrected chi connectivity index (χ2v) is 5.87. The first-order chi connectivity index (χ1) is 10.3. The lowest BCUT2D eigenvalue weighted by molar-refractivity contribution is -0.111. The lowest BCUT2D eigenvalue weighted by Gasteiger charge is -2.33. The molecule has 0 amide bonds. The van der Waals surface area contributed by atoms with Gasteiger partial charge in [0.15, 0.2) is 11.6 Å². The number of carbonyl (C=O) groups excluding carboxylic acids is 1. The van der Waals surface area contributed by atoms with Crippen molar-refractivity contribution < 1.29 is 9.18 Å². The minimum absolute atomic E-state index is 0.0217. The SMILES string of the molecule is O=CC1CCCN(c2ncnc(N3CCCCC3)c2F)C1. The van der Waals surface area contributed by atoms with E-state index in [0.29, 0.717) is 18.2 Å². The van der Waals surface area contributed by atoms with Gasteiger partial charge in [-0.05, 0) is 32.1 Å². The highest BCUT2D eigenvalue weighted by atomic mass is 19.1. The Morgan fingerprint density at radius 1 is 1.05 bits per heavy atom. The van der Waals surface area contributed by atoms with E-state index in [1.165, 1.54) is 12.7 Å². The van der Waals surface area contributed by atoms with E-state index in [-0.39, 0.29) is 11.7 Å². The molecule has 114 valence electrons. The molecule has 1 aromatic rings. The summed E-state index contributed by atoms with van der Waals surface area (Å²) in [6.45, 7) is 3.00. The topological polar surface area (TPSA) is 49.3 Å². The predicted octanol–water partition coefficient (Wildman–Crippen LogP) is 2.02. The van der Waals surface area contributed by atoms with Gasteiger partial charge in [-0.1, -0.05) is 0 Å². The standard InChI is InChI=1S/C15H21FN4O/c16-13-14(19-6-2-1-3-7-19)17-11-18-15(13)20-8-4-5-12(9-20)10-21/h10-12H,1-9H2. The Bertz CT molecular complexity index is 504. The number of anilines is 2. The van der Waals surface area contributed by atoms with Crippen molar-refractivity contribution in [3.8, 4) is 0 Å². The van der Waals surface area contributed by atoms with Crippen LogP contribution in [0.15, 0.2) is 6.33 Å². The largest absolute Gasteiger partial charge is 0.354 e. The molecule has 2 fully saturated rings. The first-order valence-electron chi connectivity index (χ1n) is 7.75. The molecule has 0 bridgehead atoms. The van der Waals surface area contributed by atoms with E-state index in [1.54, 1.807) is 0 Å². The molecule has 3 heterocycles. The van der Waals surface area contributed by atoms with Gasteiger partial charge < -0.3 is 14.6 Å². The molecule has 6 heteroatoms.